The number of fused-ring (bicyclic) bond motifs is 1. The SMILES string of the molecule is CC(C)OC(=O)OCOP(=O)(OCOC(=O)OC(C)C)[C@@H]1CCC2(C1)N(C)C(=O)c1c(O)c(=O)c(C(=O)NCc3ccc(F)cc3F)cn1N2C. The van der Waals surface area contributed by atoms with Crippen molar-refractivity contribution in [2.75, 3.05) is 32.7 Å². The summed E-state index contributed by atoms with van der Waals surface area (Å²) < 4.78 is 73.2. The van der Waals surface area contributed by atoms with Gasteiger partial charge in [-0.2, -0.15) is 0 Å². The summed E-state index contributed by atoms with van der Waals surface area (Å²) in [6, 6.07) is 2.74. The Morgan fingerprint density at radius 2 is 1.61 bits per heavy atom. The molecule has 2 aliphatic rings. The second-order valence-electron chi connectivity index (χ2n) is 12.3. The van der Waals surface area contributed by atoms with Gasteiger partial charge in [0.05, 0.1) is 17.9 Å². The lowest BCUT2D eigenvalue weighted by Gasteiger charge is -2.51. The summed E-state index contributed by atoms with van der Waals surface area (Å²) in [7, 11) is -1.45. The van der Waals surface area contributed by atoms with Crippen LogP contribution in [0, 0.1) is 11.6 Å². The number of nitrogens with zero attached hydrogens (tertiary/aromatic N) is 3. The summed E-state index contributed by atoms with van der Waals surface area (Å²) in [5, 5.41) is 14.7. The molecule has 51 heavy (non-hydrogen) atoms. The number of amides is 2. The van der Waals surface area contributed by atoms with Crippen LogP contribution in [0.15, 0.2) is 29.2 Å². The van der Waals surface area contributed by atoms with Gasteiger partial charge in [-0.05, 0) is 46.6 Å². The van der Waals surface area contributed by atoms with Gasteiger partial charge < -0.3 is 34.3 Å². The Morgan fingerprint density at radius 3 is 2.16 bits per heavy atom. The molecule has 4 rings (SSSR count). The molecule has 0 radical (unpaired) electrons. The van der Waals surface area contributed by atoms with Crippen molar-refractivity contribution >= 4 is 31.7 Å². The second kappa shape index (κ2) is 15.7. The highest BCUT2D eigenvalue weighted by Gasteiger charge is 2.57. The summed E-state index contributed by atoms with van der Waals surface area (Å²) in [5.74, 6) is -4.63. The van der Waals surface area contributed by atoms with E-state index in [0.717, 1.165) is 23.0 Å². The molecule has 2 N–H and O–H groups in total. The van der Waals surface area contributed by atoms with Gasteiger partial charge >= 0.3 is 19.9 Å². The minimum atomic E-state index is -4.34. The zero-order chi connectivity index (χ0) is 37.8. The molecule has 20 heteroatoms. The lowest BCUT2D eigenvalue weighted by molar-refractivity contribution is -0.0318. The van der Waals surface area contributed by atoms with Crippen LogP contribution in [0.4, 0.5) is 18.4 Å². The number of nitrogens with one attached hydrogen (secondary N) is 1. The summed E-state index contributed by atoms with van der Waals surface area (Å²) in [6.45, 7) is 4.16. The molecule has 2 amide bonds. The van der Waals surface area contributed by atoms with Crippen molar-refractivity contribution in [1.82, 2.24) is 14.9 Å². The van der Waals surface area contributed by atoms with Crippen molar-refractivity contribution in [3.8, 4) is 5.75 Å². The zero-order valence-electron chi connectivity index (χ0n) is 28.7. The van der Waals surface area contributed by atoms with Gasteiger partial charge in [0.2, 0.25) is 19.0 Å². The van der Waals surface area contributed by atoms with E-state index < -0.39 is 109 Å². The number of halogens is 2. The maximum Gasteiger partial charge on any atom is 0.510 e. The highest BCUT2D eigenvalue weighted by atomic mass is 31.2. The largest absolute Gasteiger partial charge is 0.510 e. The number of hydrogen-bond acceptors (Lipinski definition) is 14. The smallest absolute Gasteiger partial charge is 0.502 e. The van der Waals surface area contributed by atoms with E-state index in [-0.39, 0.29) is 24.8 Å². The van der Waals surface area contributed by atoms with Gasteiger partial charge in [0, 0.05) is 44.9 Å². The van der Waals surface area contributed by atoms with Crippen molar-refractivity contribution in [2.45, 2.75) is 77.0 Å². The number of aromatic hydroxyl groups is 1. The van der Waals surface area contributed by atoms with E-state index in [1.54, 1.807) is 27.7 Å². The lowest BCUT2D eigenvalue weighted by atomic mass is 10.0. The fraction of sp³-hybridized carbons (Fsp3) is 0.516. The first-order chi connectivity index (χ1) is 23.9. The van der Waals surface area contributed by atoms with E-state index in [0.29, 0.717) is 6.07 Å². The second-order valence-corrected chi connectivity index (χ2v) is 14.6. The van der Waals surface area contributed by atoms with Crippen LogP contribution in [-0.2, 0) is 39.1 Å². The van der Waals surface area contributed by atoms with Crippen LogP contribution in [0.3, 0.4) is 0 Å². The van der Waals surface area contributed by atoms with E-state index in [2.05, 4.69) is 5.32 Å². The Morgan fingerprint density at radius 1 is 1.02 bits per heavy atom. The summed E-state index contributed by atoms with van der Waals surface area (Å²) in [6.07, 6.45) is -2.18. The third kappa shape index (κ3) is 8.43. The maximum absolute atomic E-state index is 14.2. The molecule has 1 aromatic carbocycles. The van der Waals surface area contributed by atoms with Crippen LogP contribution in [-0.4, -0.2) is 90.0 Å². The molecular weight excluding hydrogens is 705 g/mol. The molecule has 1 spiro atoms. The number of pyridine rings is 1. The molecular formula is C31H39F2N4O13P. The molecule has 2 heterocycles. The highest BCUT2D eigenvalue weighted by molar-refractivity contribution is 7.54. The molecule has 0 saturated heterocycles. The van der Waals surface area contributed by atoms with E-state index in [1.807, 2.05) is 0 Å². The van der Waals surface area contributed by atoms with Gasteiger partial charge in [-0.25, -0.2) is 18.4 Å². The molecule has 1 unspecified atom stereocenters. The van der Waals surface area contributed by atoms with Crippen LogP contribution < -0.4 is 15.8 Å². The zero-order valence-corrected chi connectivity index (χ0v) is 29.6. The maximum atomic E-state index is 14.2. The highest BCUT2D eigenvalue weighted by Crippen LogP contribution is 2.61. The molecule has 17 nitrogen and oxygen atoms in total. The van der Waals surface area contributed by atoms with Gasteiger partial charge in [-0.1, -0.05) is 6.07 Å². The number of carbonyl (C=O) groups excluding carboxylic acids is 4. The van der Waals surface area contributed by atoms with Crippen molar-refractivity contribution in [3.05, 3.63) is 63.1 Å². The van der Waals surface area contributed by atoms with Crippen LogP contribution in [0.5, 0.6) is 5.75 Å². The van der Waals surface area contributed by atoms with E-state index >= 15 is 0 Å². The molecule has 1 aliphatic heterocycles. The first kappa shape index (κ1) is 39.1. The third-order valence-corrected chi connectivity index (χ3v) is 10.6. The van der Waals surface area contributed by atoms with Gasteiger partial charge in [0.25, 0.3) is 11.8 Å². The van der Waals surface area contributed by atoms with Crippen molar-refractivity contribution in [3.63, 3.8) is 0 Å². The van der Waals surface area contributed by atoms with Crippen LogP contribution in [0.25, 0.3) is 0 Å². The number of rotatable bonds is 12. The molecule has 280 valence electrons. The summed E-state index contributed by atoms with van der Waals surface area (Å²) in [5.41, 5.74) is -4.64. The Kier molecular flexibility index (Phi) is 12.0. The predicted octanol–water partition coefficient (Wildman–Crippen LogP) is 3.93. The van der Waals surface area contributed by atoms with Crippen LogP contribution in [0.2, 0.25) is 0 Å². The standard InChI is InChI=1S/C31H39F2N4O13P/c1-17(2)49-29(42)45-15-47-51(44,48-16-46-30(43)50-18(3)4)21-9-10-31(12-21)35(5)28(41)24-26(39)25(38)22(14-37(24)36(31)6)27(40)34-13-19-7-8-20(32)11-23(19)33/h7-8,11,14,17-18,21,39H,9-10,12-13,15-16H2,1-6H3,(H,34,40)/t21-,31?/m1/s1. The molecule has 2 aromatic rings. The molecule has 1 fully saturated rings. The molecule has 0 bridgehead atoms. The summed E-state index contributed by atoms with van der Waals surface area (Å²) >= 11 is 0. The molecule has 1 aliphatic carbocycles. The first-order valence-electron chi connectivity index (χ1n) is 15.7. The Hall–Kier alpha value is -4.74. The number of ether oxygens (including phenoxy) is 4. The van der Waals surface area contributed by atoms with Crippen molar-refractivity contribution in [2.24, 2.45) is 0 Å². The number of aromatic nitrogens is 1. The minimum Gasteiger partial charge on any atom is -0.502 e. The summed E-state index contributed by atoms with van der Waals surface area (Å²) in [4.78, 5) is 65.0. The number of benzene rings is 1. The van der Waals surface area contributed by atoms with Gasteiger partial charge in [-0.15, -0.1) is 0 Å². The van der Waals surface area contributed by atoms with Crippen molar-refractivity contribution < 1.29 is 65.6 Å². The van der Waals surface area contributed by atoms with Crippen molar-refractivity contribution in [1.29, 1.82) is 0 Å². The fourth-order valence-corrected chi connectivity index (χ4v) is 7.59. The average molecular weight is 745 g/mol. The fourth-order valence-electron chi connectivity index (χ4n) is 5.73. The van der Waals surface area contributed by atoms with Gasteiger partial charge in [0.15, 0.2) is 11.4 Å². The molecule has 2 atom stereocenters. The topological polar surface area (TPSA) is 201 Å². The Balaban J connectivity index is 1.60. The minimum absolute atomic E-state index is 0.0736. The quantitative estimate of drug-likeness (QED) is 0.180. The molecule has 1 aromatic heterocycles. The third-order valence-electron chi connectivity index (χ3n) is 8.29. The van der Waals surface area contributed by atoms with Gasteiger partial charge in [-0.3, -0.25) is 37.7 Å². The monoisotopic (exact) mass is 744 g/mol. The van der Waals surface area contributed by atoms with Crippen LogP contribution >= 0.6 is 7.60 Å². The Labute approximate surface area is 290 Å². The first-order valence-corrected chi connectivity index (χ1v) is 17.3. The predicted molar refractivity (Wildman–Crippen MR) is 171 cm³/mol. The number of carbonyl (C=O) groups is 4. The normalized spacial score (nSPS) is 18.6. The van der Waals surface area contributed by atoms with Crippen LogP contribution in [0.1, 0.15) is 73.4 Å². The molecule has 1 saturated carbocycles. The van der Waals surface area contributed by atoms with E-state index in [9.17, 15) is 42.4 Å². The Bertz CT molecular complexity index is 1760. The number of hydrogen-bond donors (Lipinski definition) is 2. The average Bonchev–Trinajstić information content (AvgIpc) is 3.50. The lowest BCUT2D eigenvalue weighted by Crippen LogP contribution is -2.67. The van der Waals surface area contributed by atoms with Gasteiger partial charge in [0.1, 0.15) is 22.9 Å². The van der Waals surface area contributed by atoms with E-state index in [1.165, 1.54) is 24.0 Å². The van der Waals surface area contributed by atoms with E-state index in [4.69, 9.17) is 28.0 Å².